The monoisotopic (exact) mass is 355 g/mol. The van der Waals surface area contributed by atoms with Crippen LogP contribution in [0.4, 0.5) is 13.2 Å². The van der Waals surface area contributed by atoms with Crippen molar-refractivity contribution in [3.8, 4) is 0 Å². The molecule has 1 aliphatic heterocycles. The van der Waals surface area contributed by atoms with E-state index in [-0.39, 0.29) is 5.91 Å². The molecule has 6 heteroatoms. The Morgan fingerprint density at radius 2 is 1.64 bits per heavy atom. The topological polar surface area (TPSA) is 23.6 Å². The van der Waals surface area contributed by atoms with Gasteiger partial charge in [0.1, 0.15) is 0 Å². The molecule has 0 aliphatic carbocycles. The number of alkyl halides is 3. The Bertz CT molecular complexity index is 535. The zero-order valence-electron chi connectivity index (χ0n) is 14.5. The van der Waals surface area contributed by atoms with Crippen LogP contribution in [0.5, 0.6) is 0 Å². The lowest BCUT2D eigenvalue weighted by molar-refractivity contribution is -0.137. The number of benzene rings is 1. The van der Waals surface area contributed by atoms with E-state index in [1.165, 1.54) is 12.1 Å². The van der Waals surface area contributed by atoms with Gasteiger partial charge in [0.05, 0.1) is 5.56 Å². The Balaban J connectivity index is 1.74. The van der Waals surface area contributed by atoms with Gasteiger partial charge in [-0.3, -0.25) is 9.69 Å². The number of hydrogen-bond acceptors (Lipinski definition) is 2. The summed E-state index contributed by atoms with van der Waals surface area (Å²) >= 11 is 0. The summed E-state index contributed by atoms with van der Waals surface area (Å²) in [5, 5.41) is 0. The summed E-state index contributed by atoms with van der Waals surface area (Å²) in [5.74, 6) is 0.207. The summed E-state index contributed by atoms with van der Waals surface area (Å²) in [6.45, 7) is 7.30. The standard InChI is InChI=1S/C19H26F3N2O/c1-2-3-4-5-6-18(25)24-13-11-23(12-14-24)15-16-7-9-17(10-8-16)19(20,21)22/h7-10H,1-6,11-15H2. The minimum absolute atomic E-state index is 0.207. The van der Waals surface area contributed by atoms with E-state index in [1.807, 2.05) is 4.90 Å². The van der Waals surface area contributed by atoms with E-state index >= 15 is 0 Å². The lowest BCUT2D eigenvalue weighted by Crippen LogP contribution is -2.48. The van der Waals surface area contributed by atoms with E-state index in [0.29, 0.717) is 26.1 Å². The van der Waals surface area contributed by atoms with Gasteiger partial charge in [0.15, 0.2) is 0 Å². The van der Waals surface area contributed by atoms with Gasteiger partial charge in [0, 0.05) is 39.1 Å². The van der Waals surface area contributed by atoms with Crippen LogP contribution in [0.2, 0.25) is 0 Å². The molecule has 25 heavy (non-hydrogen) atoms. The summed E-state index contributed by atoms with van der Waals surface area (Å²) in [6, 6.07) is 5.31. The molecule has 1 heterocycles. The molecule has 0 spiro atoms. The van der Waals surface area contributed by atoms with Crippen LogP contribution in [0, 0.1) is 6.92 Å². The van der Waals surface area contributed by atoms with Crippen LogP contribution in [0.3, 0.4) is 0 Å². The predicted octanol–water partition coefficient (Wildman–Crippen LogP) is 4.13. The quantitative estimate of drug-likeness (QED) is 0.687. The Hall–Kier alpha value is -1.56. The molecule has 1 aromatic rings. The number of hydrogen-bond donors (Lipinski definition) is 0. The molecule has 1 amide bonds. The maximum atomic E-state index is 12.6. The van der Waals surface area contributed by atoms with Gasteiger partial charge in [0.25, 0.3) is 0 Å². The third kappa shape index (κ3) is 6.34. The minimum atomic E-state index is -4.29. The summed E-state index contributed by atoms with van der Waals surface area (Å²) in [4.78, 5) is 16.2. The molecule has 1 fully saturated rings. The maximum Gasteiger partial charge on any atom is 0.416 e. The third-order valence-electron chi connectivity index (χ3n) is 4.55. The summed E-state index contributed by atoms with van der Waals surface area (Å²) < 4.78 is 37.7. The zero-order chi connectivity index (χ0) is 18.3. The van der Waals surface area contributed by atoms with Crippen LogP contribution in [-0.2, 0) is 17.5 Å². The molecule has 0 aromatic heterocycles. The SMILES string of the molecule is [CH2]CCCCCC(=O)N1CCN(Cc2ccc(C(F)(F)F)cc2)CC1. The van der Waals surface area contributed by atoms with Gasteiger partial charge in [-0.1, -0.05) is 38.3 Å². The fourth-order valence-corrected chi connectivity index (χ4v) is 3.00. The molecule has 139 valence electrons. The smallest absolute Gasteiger partial charge is 0.340 e. The van der Waals surface area contributed by atoms with Crippen molar-refractivity contribution in [3.63, 3.8) is 0 Å². The van der Waals surface area contributed by atoms with Gasteiger partial charge in [-0.2, -0.15) is 13.2 Å². The van der Waals surface area contributed by atoms with E-state index < -0.39 is 11.7 Å². The minimum Gasteiger partial charge on any atom is -0.340 e. The second-order valence-corrected chi connectivity index (χ2v) is 6.52. The molecule has 0 bridgehead atoms. The third-order valence-corrected chi connectivity index (χ3v) is 4.55. The number of nitrogens with zero attached hydrogens (tertiary/aromatic N) is 2. The number of carbonyl (C=O) groups excluding carboxylic acids is 1. The van der Waals surface area contributed by atoms with Crippen LogP contribution >= 0.6 is 0 Å². The van der Waals surface area contributed by atoms with Crippen LogP contribution in [0.25, 0.3) is 0 Å². The predicted molar refractivity (Wildman–Crippen MR) is 91.7 cm³/mol. The van der Waals surface area contributed by atoms with E-state index in [9.17, 15) is 18.0 Å². The first-order valence-corrected chi connectivity index (χ1v) is 8.85. The van der Waals surface area contributed by atoms with Crippen LogP contribution in [-0.4, -0.2) is 41.9 Å². The lowest BCUT2D eigenvalue weighted by Gasteiger charge is -2.35. The summed E-state index contributed by atoms with van der Waals surface area (Å²) in [7, 11) is 0. The number of halogens is 3. The summed E-state index contributed by atoms with van der Waals surface area (Å²) in [5.41, 5.74) is 0.242. The highest BCUT2D eigenvalue weighted by Gasteiger charge is 2.30. The van der Waals surface area contributed by atoms with Crippen LogP contribution < -0.4 is 0 Å². The van der Waals surface area contributed by atoms with Crippen molar-refractivity contribution >= 4 is 5.91 Å². The molecule has 0 saturated carbocycles. The van der Waals surface area contributed by atoms with Crippen molar-refractivity contribution in [2.75, 3.05) is 26.2 Å². The molecule has 1 radical (unpaired) electrons. The number of unbranched alkanes of at least 4 members (excludes halogenated alkanes) is 3. The number of amides is 1. The van der Waals surface area contributed by atoms with Gasteiger partial charge >= 0.3 is 6.18 Å². The van der Waals surface area contributed by atoms with Gasteiger partial charge in [-0.15, -0.1) is 0 Å². The molecule has 2 rings (SSSR count). The largest absolute Gasteiger partial charge is 0.416 e. The van der Waals surface area contributed by atoms with Crippen LogP contribution in [0.15, 0.2) is 24.3 Å². The van der Waals surface area contributed by atoms with Gasteiger partial charge in [-0.05, 0) is 24.1 Å². The van der Waals surface area contributed by atoms with Crippen molar-refractivity contribution in [1.29, 1.82) is 0 Å². The molecular weight excluding hydrogens is 329 g/mol. The molecule has 1 saturated heterocycles. The van der Waals surface area contributed by atoms with Gasteiger partial charge in [-0.25, -0.2) is 0 Å². The second kappa shape index (κ2) is 9.22. The van der Waals surface area contributed by atoms with Crippen LogP contribution in [0.1, 0.15) is 43.2 Å². The molecule has 1 aliphatic rings. The van der Waals surface area contributed by atoms with E-state index in [4.69, 9.17) is 0 Å². The van der Waals surface area contributed by atoms with Crippen molar-refractivity contribution in [3.05, 3.63) is 42.3 Å². The van der Waals surface area contributed by atoms with Crippen molar-refractivity contribution in [2.24, 2.45) is 0 Å². The van der Waals surface area contributed by atoms with Gasteiger partial charge in [0.2, 0.25) is 5.91 Å². The highest BCUT2D eigenvalue weighted by molar-refractivity contribution is 5.76. The Morgan fingerprint density at radius 3 is 2.20 bits per heavy atom. The Morgan fingerprint density at radius 1 is 1.00 bits per heavy atom. The first-order valence-electron chi connectivity index (χ1n) is 8.85. The first kappa shape index (κ1) is 19.8. The number of piperazine rings is 1. The molecule has 3 nitrogen and oxygen atoms in total. The lowest BCUT2D eigenvalue weighted by atomic mass is 10.1. The van der Waals surface area contributed by atoms with E-state index in [1.54, 1.807) is 0 Å². The average molecular weight is 355 g/mol. The molecule has 1 aromatic carbocycles. The fraction of sp³-hybridized carbons (Fsp3) is 0.579. The Labute approximate surface area is 147 Å². The number of carbonyl (C=O) groups is 1. The van der Waals surface area contributed by atoms with Crippen molar-refractivity contribution in [2.45, 2.75) is 44.8 Å². The molecule has 0 unspecified atom stereocenters. The maximum absolute atomic E-state index is 12.6. The zero-order valence-corrected chi connectivity index (χ0v) is 14.5. The Kier molecular flexibility index (Phi) is 7.29. The highest BCUT2D eigenvalue weighted by atomic mass is 19.4. The second-order valence-electron chi connectivity index (χ2n) is 6.52. The average Bonchev–Trinajstić information content (AvgIpc) is 2.59. The highest BCUT2D eigenvalue weighted by Crippen LogP contribution is 2.29. The van der Waals surface area contributed by atoms with Gasteiger partial charge < -0.3 is 4.90 Å². The number of rotatable bonds is 7. The first-order chi connectivity index (χ1) is 11.9. The molecular formula is C19H26F3N2O. The molecule has 0 atom stereocenters. The van der Waals surface area contributed by atoms with E-state index in [2.05, 4.69) is 11.8 Å². The van der Waals surface area contributed by atoms with E-state index in [0.717, 1.165) is 56.5 Å². The van der Waals surface area contributed by atoms with Crippen molar-refractivity contribution < 1.29 is 18.0 Å². The summed E-state index contributed by atoms with van der Waals surface area (Å²) in [6.07, 6.45) is 0.241. The normalized spacial score (nSPS) is 16.2. The van der Waals surface area contributed by atoms with Crippen molar-refractivity contribution in [1.82, 2.24) is 9.80 Å². The molecule has 0 N–H and O–H groups in total. The fourth-order valence-electron chi connectivity index (χ4n) is 3.00.